The van der Waals surface area contributed by atoms with Crippen LogP contribution in [0, 0.1) is 38.5 Å². The number of ether oxygens (including phenoxy) is 1. The summed E-state index contributed by atoms with van der Waals surface area (Å²) >= 11 is 0. The van der Waals surface area contributed by atoms with Crippen LogP contribution in [0.1, 0.15) is 35.1 Å². The summed E-state index contributed by atoms with van der Waals surface area (Å²) in [6, 6.07) is 4.21. The number of Topliss-reactive ketones (excluding diaryl/α,β-unsaturated/α-hetero) is 1. The maximum Gasteiger partial charge on any atom is 0.310 e. The van der Waals surface area contributed by atoms with Crippen molar-refractivity contribution in [2.75, 3.05) is 0 Å². The second-order valence-corrected chi connectivity index (χ2v) is 6.21. The fraction of sp³-hybridized carbons (Fsp3) is 0.529. The summed E-state index contributed by atoms with van der Waals surface area (Å²) < 4.78 is 5.45. The second-order valence-electron chi connectivity index (χ2n) is 6.21. The van der Waals surface area contributed by atoms with Gasteiger partial charge in [0, 0.05) is 12.3 Å². The molecule has 1 aromatic rings. The van der Waals surface area contributed by atoms with Gasteiger partial charge in [0.05, 0.1) is 5.92 Å². The highest BCUT2D eigenvalue weighted by molar-refractivity contribution is 5.94. The molecule has 0 spiro atoms. The van der Waals surface area contributed by atoms with Gasteiger partial charge in [-0.25, -0.2) is 0 Å². The third kappa shape index (κ3) is 2.15. The molecule has 1 aromatic carbocycles. The topological polar surface area (TPSA) is 43.4 Å². The van der Waals surface area contributed by atoms with Crippen molar-refractivity contribution in [2.24, 2.45) is 17.8 Å². The third-order valence-electron chi connectivity index (χ3n) is 4.74. The van der Waals surface area contributed by atoms with Crippen LogP contribution in [-0.2, 0) is 20.9 Å². The molecule has 106 valence electrons. The fourth-order valence-electron chi connectivity index (χ4n) is 3.65. The van der Waals surface area contributed by atoms with E-state index in [0.717, 1.165) is 23.1 Å². The number of fused-ring (bicyclic) bond motifs is 1. The number of hydrogen-bond acceptors (Lipinski definition) is 3. The van der Waals surface area contributed by atoms with Crippen molar-refractivity contribution in [1.82, 2.24) is 0 Å². The van der Waals surface area contributed by atoms with E-state index in [0.29, 0.717) is 13.0 Å². The minimum Gasteiger partial charge on any atom is -0.461 e. The Balaban J connectivity index is 1.63. The molecule has 0 aliphatic heterocycles. The van der Waals surface area contributed by atoms with E-state index in [1.807, 2.05) is 13.8 Å². The molecule has 20 heavy (non-hydrogen) atoms. The number of ketones is 1. The molecular formula is C17H20O3. The van der Waals surface area contributed by atoms with E-state index in [9.17, 15) is 9.59 Å². The van der Waals surface area contributed by atoms with Crippen molar-refractivity contribution in [2.45, 2.75) is 40.2 Å². The van der Waals surface area contributed by atoms with Crippen LogP contribution in [0.15, 0.2) is 12.1 Å². The molecule has 0 unspecified atom stereocenters. The van der Waals surface area contributed by atoms with E-state index in [1.165, 1.54) is 5.56 Å². The molecule has 0 aromatic heterocycles. The minimum atomic E-state index is -0.188. The van der Waals surface area contributed by atoms with Crippen LogP contribution in [-0.4, -0.2) is 11.8 Å². The zero-order chi connectivity index (χ0) is 14.4. The summed E-state index contributed by atoms with van der Waals surface area (Å²) in [5.74, 6) is 0.160. The average Bonchev–Trinajstić information content (AvgIpc) is 2.98. The van der Waals surface area contributed by atoms with Gasteiger partial charge in [-0.3, -0.25) is 9.59 Å². The van der Waals surface area contributed by atoms with Gasteiger partial charge in [0.2, 0.25) is 0 Å². The van der Waals surface area contributed by atoms with Crippen LogP contribution >= 0.6 is 0 Å². The van der Waals surface area contributed by atoms with Gasteiger partial charge < -0.3 is 4.74 Å². The van der Waals surface area contributed by atoms with Crippen molar-refractivity contribution in [1.29, 1.82) is 0 Å². The zero-order valence-electron chi connectivity index (χ0n) is 12.2. The van der Waals surface area contributed by atoms with Crippen LogP contribution < -0.4 is 0 Å². The highest BCUT2D eigenvalue weighted by Gasteiger charge is 2.62. The van der Waals surface area contributed by atoms with Crippen molar-refractivity contribution in [3.05, 3.63) is 34.4 Å². The quantitative estimate of drug-likeness (QED) is 0.795. The number of hydrogen-bond donors (Lipinski definition) is 0. The predicted molar refractivity (Wildman–Crippen MR) is 75.2 cm³/mol. The Hall–Kier alpha value is -1.64. The number of rotatable bonds is 3. The minimum absolute atomic E-state index is 0.0253. The van der Waals surface area contributed by atoms with Crippen LogP contribution in [0.3, 0.4) is 0 Å². The smallest absolute Gasteiger partial charge is 0.310 e. The number of benzene rings is 1. The van der Waals surface area contributed by atoms with E-state index in [4.69, 9.17) is 4.74 Å². The van der Waals surface area contributed by atoms with Crippen LogP contribution in [0.4, 0.5) is 0 Å². The largest absolute Gasteiger partial charge is 0.461 e. The Kier molecular flexibility index (Phi) is 3.15. The highest BCUT2D eigenvalue weighted by atomic mass is 16.5. The first-order chi connectivity index (χ1) is 9.49. The third-order valence-corrected chi connectivity index (χ3v) is 4.74. The summed E-state index contributed by atoms with van der Waals surface area (Å²) in [4.78, 5) is 23.6. The summed E-state index contributed by atoms with van der Waals surface area (Å²) in [5.41, 5.74) is 4.61. The predicted octanol–water partition coefficient (Wildman–Crippen LogP) is 2.88. The molecule has 2 aliphatic rings. The SMILES string of the molecule is Cc1cc(C)c(COC(=O)[C@@H]2[C@H]3CCC(=O)[C@H]32)c(C)c1. The van der Waals surface area contributed by atoms with Gasteiger partial charge in [-0.15, -0.1) is 0 Å². The molecule has 3 heteroatoms. The van der Waals surface area contributed by atoms with Gasteiger partial charge in [-0.05, 0) is 49.8 Å². The van der Waals surface area contributed by atoms with E-state index in [-0.39, 0.29) is 29.5 Å². The summed E-state index contributed by atoms with van der Waals surface area (Å²) in [6.07, 6.45) is 1.52. The maximum absolute atomic E-state index is 12.1. The van der Waals surface area contributed by atoms with Crippen LogP contribution in [0.2, 0.25) is 0 Å². The van der Waals surface area contributed by atoms with Crippen molar-refractivity contribution in [3.8, 4) is 0 Å². The van der Waals surface area contributed by atoms with E-state index in [2.05, 4.69) is 19.1 Å². The highest BCUT2D eigenvalue weighted by Crippen LogP contribution is 2.55. The first-order valence-electron chi connectivity index (χ1n) is 7.25. The summed E-state index contributed by atoms with van der Waals surface area (Å²) in [7, 11) is 0. The normalized spacial score (nSPS) is 27.4. The molecular weight excluding hydrogens is 252 g/mol. The molecule has 0 bridgehead atoms. The Morgan fingerprint density at radius 2 is 1.90 bits per heavy atom. The molecule has 2 aliphatic carbocycles. The molecule has 0 N–H and O–H groups in total. The molecule has 3 rings (SSSR count). The van der Waals surface area contributed by atoms with Gasteiger partial charge in [-0.1, -0.05) is 17.7 Å². The number of carbonyl (C=O) groups excluding carboxylic acids is 2. The molecule has 0 heterocycles. The van der Waals surface area contributed by atoms with Gasteiger partial charge in [0.1, 0.15) is 12.4 Å². The first kappa shape index (κ1) is 13.3. The van der Waals surface area contributed by atoms with Crippen LogP contribution in [0.25, 0.3) is 0 Å². The molecule has 3 atom stereocenters. The lowest BCUT2D eigenvalue weighted by Gasteiger charge is -2.12. The summed E-state index contributed by atoms with van der Waals surface area (Å²) in [6.45, 7) is 6.46. The molecule has 3 nitrogen and oxygen atoms in total. The van der Waals surface area contributed by atoms with E-state index >= 15 is 0 Å². The zero-order valence-corrected chi connectivity index (χ0v) is 12.2. The lowest BCUT2D eigenvalue weighted by Crippen LogP contribution is -2.14. The standard InChI is InChI=1S/C17H20O3/c1-9-6-10(2)13(11(3)7-9)8-20-17(19)16-12-4-5-14(18)15(12)16/h6-7,12,15-16H,4-5,8H2,1-3H3/t12-,15-,16+/m0/s1. The Morgan fingerprint density at radius 3 is 2.45 bits per heavy atom. The first-order valence-corrected chi connectivity index (χ1v) is 7.25. The number of esters is 1. The molecule has 0 amide bonds. The lowest BCUT2D eigenvalue weighted by atomic mass is 10.0. The van der Waals surface area contributed by atoms with Crippen molar-refractivity contribution in [3.63, 3.8) is 0 Å². The maximum atomic E-state index is 12.1. The van der Waals surface area contributed by atoms with Crippen molar-refractivity contribution < 1.29 is 14.3 Å². The Labute approximate surface area is 119 Å². The van der Waals surface area contributed by atoms with Gasteiger partial charge in [-0.2, -0.15) is 0 Å². The Morgan fingerprint density at radius 1 is 1.25 bits per heavy atom. The second kappa shape index (κ2) is 4.72. The van der Waals surface area contributed by atoms with E-state index in [1.54, 1.807) is 0 Å². The molecule has 2 saturated carbocycles. The summed E-state index contributed by atoms with van der Waals surface area (Å²) in [5, 5.41) is 0. The fourth-order valence-corrected chi connectivity index (χ4v) is 3.65. The van der Waals surface area contributed by atoms with Crippen molar-refractivity contribution >= 4 is 11.8 Å². The average molecular weight is 272 g/mol. The molecule has 2 fully saturated rings. The van der Waals surface area contributed by atoms with Gasteiger partial charge in [0.25, 0.3) is 0 Å². The monoisotopic (exact) mass is 272 g/mol. The number of carbonyl (C=O) groups is 2. The van der Waals surface area contributed by atoms with Gasteiger partial charge >= 0.3 is 5.97 Å². The lowest BCUT2D eigenvalue weighted by molar-refractivity contribution is -0.148. The molecule has 0 saturated heterocycles. The van der Waals surface area contributed by atoms with Crippen LogP contribution in [0.5, 0.6) is 0 Å². The van der Waals surface area contributed by atoms with Gasteiger partial charge in [0.15, 0.2) is 0 Å². The Bertz CT molecular complexity index is 565. The molecule has 0 radical (unpaired) electrons. The van der Waals surface area contributed by atoms with E-state index < -0.39 is 0 Å². The number of aryl methyl sites for hydroxylation is 3.